The van der Waals surface area contributed by atoms with Crippen molar-refractivity contribution in [1.82, 2.24) is 9.62 Å². The molecule has 5 nitrogen and oxygen atoms in total. The second-order valence-corrected chi connectivity index (χ2v) is 6.81. The van der Waals surface area contributed by atoms with Crippen LogP contribution in [0.4, 0.5) is 0 Å². The zero-order valence-electron chi connectivity index (χ0n) is 13.1. The minimum atomic E-state index is -3.54. The molecule has 0 fully saturated rings. The maximum atomic E-state index is 12.6. The first-order valence-electron chi connectivity index (χ1n) is 7.20. The molecule has 0 spiro atoms. The zero-order chi connectivity index (χ0) is 16.0. The van der Waals surface area contributed by atoms with Crippen LogP contribution in [0, 0.1) is 6.92 Å². The van der Waals surface area contributed by atoms with E-state index in [-0.39, 0.29) is 10.8 Å². The lowest BCUT2D eigenvalue weighted by atomic mass is 10.1. The molecule has 6 heteroatoms. The van der Waals surface area contributed by atoms with Crippen molar-refractivity contribution >= 4 is 15.9 Å². The van der Waals surface area contributed by atoms with Gasteiger partial charge in [0.05, 0.1) is 4.90 Å². The van der Waals surface area contributed by atoms with E-state index in [0.29, 0.717) is 18.7 Å². The highest BCUT2D eigenvalue weighted by atomic mass is 32.2. The Morgan fingerprint density at radius 1 is 1.29 bits per heavy atom. The number of rotatable bonds is 7. The SMILES string of the molecule is CCCCN(CC)C(=O)c1cc(S(=O)(=O)NC)ccc1C. The van der Waals surface area contributed by atoms with Gasteiger partial charge in [-0.15, -0.1) is 0 Å². The topological polar surface area (TPSA) is 66.5 Å². The van der Waals surface area contributed by atoms with Crippen LogP contribution in [0.1, 0.15) is 42.6 Å². The molecule has 0 heterocycles. The van der Waals surface area contributed by atoms with Gasteiger partial charge in [0.1, 0.15) is 0 Å². The van der Waals surface area contributed by atoms with Crippen LogP contribution in [0.3, 0.4) is 0 Å². The van der Waals surface area contributed by atoms with Gasteiger partial charge in [-0.1, -0.05) is 19.4 Å². The molecule has 1 amide bonds. The molecule has 0 aromatic heterocycles. The maximum Gasteiger partial charge on any atom is 0.254 e. The van der Waals surface area contributed by atoms with E-state index in [4.69, 9.17) is 0 Å². The Hall–Kier alpha value is -1.40. The summed E-state index contributed by atoms with van der Waals surface area (Å²) >= 11 is 0. The summed E-state index contributed by atoms with van der Waals surface area (Å²) in [7, 11) is -2.18. The Kier molecular flexibility index (Phi) is 6.36. The van der Waals surface area contributed by atoms with Gasteiger partial charge in [0.25, 0.3) is 5.91 Å². The number of hydrogen-bond acceptors (Lipinski definition) is 3. The fraction of sp³-hybridized carbons (Fsp3) is 0.533. The first kappa shape index (κ1) is 17.7. The molecule has 0 bridgehead atoms. The highest BCUT2D eigenvalue weighted by Crippen LogP contribution is 2.17. The van der Waals surface area contributed by atoms with E-state index in [2.05, 4.69) is 11.6 Å². The first-order chi connectivity index (χ1) is 9.87. The van der Waals surface area contributed by atoms with Crippen LogP contribution in [0.2, 0.25) is 0 Å². The number of nitrogens with zero attached hydrogens (tertiary/aromatic N) is 1. The number of benzene rings is 1. The van der Waals surface area contributed by atoms with Crippen molar-refractivity contribution in [3.8, 4) is 0 Å². The average molecular weight is 312 g/mol. The highest BCUT2D eigenvalue weighted by Gasteiger charge is 2.19. The molecule has 1 aromatic carbocycles. The van der Waals surface area contributed by atoms with Crippen LogP contribution in [0.5, 0.6) is 0 Å². The molecular weight excluding hydrogens is 288 g/mol. The van der Waals surface area contributed by atoms with E-state index in [0.717, 1.165) is 18.4 Å². The molecule has 1 aromatic rings. The number of nitrogens with one attached hydrogen (secondary N) is 1. The van der Waals surface area contributed by atoms with Crippen LogP contribution in [0.25, 0.3) is 0 Å². The van der Waals surface area contributed by atoms with Crippen LogP contribution < -0.4 is 4.72 Å². The van der Waals surface area contributed by atoms with Crippen molar-refractivity contribution in [2.75, 3.05) is 20.1 Å². The highest BCUT2D eigenvalue weighted by molar-refractivity contribution is 7.89. The molecule has 0 aliphatic rings. The van der Waals surface area contributed by atoms with E-state index >= 15 is 0 Å². The molecule has 0 unspecified atom stereocenters. The monoisotopic (exact) mass is 312 g/mol. The van der Waals surface area contributed by atoms with Gasteiger partial charge in [-0.05, 0) is 45.0 Å². The molecule has 0 saturated heterocycles. The van der Waals surface area contributed by atoms with Crippen molar-refractivity contribution in [3.05, 3.63) is 29.3 Å². The normalized spacial score (nSPS) is 11.4. The van der Waals surface area contributed by atoms with Crippen molar-refractivity contribution in [3.63, 3.8) is 0 Å². The van der Waals surface area contributed by atoms with E-state index in [9.17, 15) is 13.2 Å². The summed E-state index contributed by atoms with van der Waals surface area (Å²) in [5, 5.41) is 0. The Balaban J connectivity index is 3.17. The summed E-state index contributed by atoms with van der Waals surface area (Å²) in [6.07, 6.45) is 1.95. The second-order valence-electron chi connectivity index (χ2n) is 4.92. The smallest absolute Gasteiger partial charge is 0.254 e. The maximum absolute atomic E-state index is 12.6. The van der Waals surface area contributed by atoms with Crippen LogP contribution in [-0.2, 0) is 10.0 Å². The third kappa shape index (κ3) is 4.28. The molecule has 0 radical (unpaired) electrons. The molecule has 1 N–H and O–H groups in total. The summed E-state index contributed by atoms with van der Waals surface area (Å²) in [5.74, 6) is -0.114. The van der Waals surface area contributed by atoms with Gasteiger partial charge < -0.3 is 4.90 Å². The molecule has 0 saturated carbocycles. The minimum absolute atomic E-state index is 0.114. The number of carbonyl (C=O) groups is 1. The van der Waals surface area contributed by atoms with Gasteiger partial charge in [-0.25, -0.2) is 13.1 Å². The molecule has 1 rings (SSSR count). The van der Waals surface area contributed by atoms with Gasteiger partial charge in [-0.2, -0.15) is 0 Å². The molecular formula is C15H24N2O3S. The summed E-state index contributed by atoms with van der Waals surface area (Å²) in [6.45, 7) is 7.12. The van der Waals surface area contributed by atoms with Gasteiger partial charge in [-0.3, -0.25) is 4.79 Å². The molecule has 21 heavy (non-hydrogen) atoms. The van der Waals surface area contributed by atoms with E-state index in [1.807, 2.05) is 13.8 Å². The lowest BCUT2D eigenvalue weighted by Gasteiger charge is -2.22. The Bertz CT molecular complexity index is 597. The number of hydrogen-bond donors (Lipinski definition) is 1. The minimum Gasteiger partial charge on any atom is -0.339 e. The lowest BCUT2D eigenvalue weighted by molar-refractivity contribution is 0.0761. The van der Waals surface area contributed by atoms with Crippen molar-refractivity contribution in [1.29, 1.82) is 0 Å². The number of aryl methyl sites for hydroxylation is 1. The van der Waals surface area contributed by atoms with Crippen molar-refractivity contribution in [2.24, 2.45) is 0 Å². The largest absolute Gasteiger partial charge is 0.339 e. The summed E-state index contributed by atoms with van der Waals surface area (Å²) in [4.78, 5) is 14.4. The number of amides is 1. The van der Waals surface area contributed by atoms with Crippen LogP contribution in [0.15, 0.2) is 23.1 Å². The predicted octanol–water partition coefficient (Wildman–Crippen LogP) is 2.17. The summed E-state index contributed by atoms with van der Waals surface area (Å²) in [6, 6.07) is 4.64. The molecule has 0 atom stereocenters. The predicted molar refractivity (Wildman–Crippen MR) is 83.9 cm³/mol. The molecule has 118 valence electrons. The molecule has 0 aliphatic heterocycles. The Labute approximate surface area is 127 Å². The number of unbranched alkanes of at least 4 members (excludes halogenated alkanes) is 1. The van der Waals surface area contributed by atoms with Crippen LogP contribution >= 0.6 is 0 Å². The fourth-order valence-corrected chi connectivity index (χ4v) is 2.80. The standard InChI is InChI=1S/C15H24N2O3S/c1-5-7-10-17(6-2)15(18)14-11-13(9-8-12(14)3)21(19,20)16-4/h8-9,11,16H,5-7,10H2,1-4H3. The summed E-state index contributed by atoms with van der Waals surface area (Å²) in [5.41, 5.74) is 1.23. The number of sulfonamides is 1. The number of carbonyl (C=O) groups excluding carboxylic acids is 1. The van der Waals surface area contributed by atoms with E-state index in [1.54, 1.807) is 11.0 Å². The van der Waals surface area contributed by atoms with Crippen molar-refractivity contribution in [2.45, 2.75) is 38.5 Å². The van der Waals surface area contributed by atoms with Crippen molar-refractivity contribution < 1.29 is 13.2 Å². The fourth-order valence-electron chi connectivity index (χ4n) is 2.04. The Morgan fingerprint density at radius 3 is 2.48 bits per heavy atom. The second kappa shape index (κ2) is 7.56. The zero-order valence-corrected chi connectivity index (χ0v) is 14.0. The van der Waals surface area contributed by atoms with Gasteiger partial charge in [0, 0.05) is 18.7 Å². The first-order valence-corrected chi connectivity index (χ1v) is 8.69. The van der Waals surface area contributed by atoms with Gasteiger partial charge in [0.15, 0.2) is 0 Å². The van der Waals surface area contributed by atoms with Gasteiger partial charge >= 0.3 is 0 Å². The quantitative estimate of drug-likeness (QED) is 0.839. The average Bonchev–Trinajstić information content (AvgIpc) is 2.48. The summed E-state index contributed by atoms with van der Waals surface area (Å²) < 4.78 is 26.0. The molecule has 0 aliphatic carbocycles. The van der Waals surface area contributed by atoms with Crippen LogP contribution in [-0.4, -0.2) is 39.4 Å². The lowest BCUT2D eigenvalue weighted by Crippen LogP contribution is -2.32. The van der Waals surface area contributed by atoms with Gasteiger partial charge in [0.2, 0.25) is 10.0 Å². The van der Waals surface area contributed by atoms with E-state index < -0.39 is 10.0 Å². The third-order valence-electron chi connectivity index (χ3n) is 3.47. The third-order valence-corrected chi connectivity index (χ3v) is 4.88. The van der Waals surface area contributed by atoms with E-state index in [1.165, 1.54) is 19.2 Å². The Morgan fingerprint density at radius 2 is 1.95 bits per heavy atom.